The van der Waals surface area contributed by atoms with Crippen LogP contribution < -0.4 is 10.6 Å². The summed E-state index contributed by atoms with van der Waals surface area (Å²) in [6.45, 7) is 6.17. The lowest BCUT2D eigenvalue weighted by Crippen LogP contribution is -2.47. The smallest absolute Gasteiger partial charge is 0.396 e. The third-order valence-corrected chi connectivity index (χ3v) is 5.35. The van der Waals surface area contributed by atoms with Gasteiger partial charge in [0.25, 0.3) is 0 Å². The Bertz CT molecular complexity index is 669. The molecule has 1 aromatic carbocycles. The Labute approximate surface area is 164 Å². The number of hydrogen-bond acceptors (Lipinski definition) is 3. The number of guanidine groups is 1. The summed E-state index contributed by atoms with van der Waals surface area (Å²) >= 11 is 0. The van der Waals surface area contributed by atoms with Gasteiger partial charge < -0.3 is 20.5 Å². The van der Waals surface area contributed by atoms with Crippen LogP contribution in [0.3, 0.4) is 0 Å². The molecular formula is C20H30F3N3O2. The Hall–Kier alpha value is -1.80. The second-order valence-corrected chi connectivity index (χ2v) is 8.02. The van der Waals surface area contributed by atoms with Crippen LogP contribution in [0, 0.1) is 5.41 Å². The zero-order valence-corrected chi connectivity index (χ0v) is 16.7. The van der Waals surface area contributed by atoms with Gasteiger partial charge in [-0.05, 0) is 24.5 Å². The van der Waals surface area contributed by atoms with Crippen molar-refractivity contribution in [1.29, 1.82) is 0 Å². The van der Waals surface area contributed by atoms with E-state index < -0.39 is 17.2 Å². The third kappa shape index (κ3) is 5.85. The molecule has 1 fully saturated rings. The van der Waals surface area contributed by atoms with E-state index in [2.05, 4.69) is 15.6 Å². The first-order valence-electron chi connectivity index (χ1n) is 9.43. The zero-order chi connectivity index (χ0) is 20.8. The minimum absolute atomic E-state index is 0.0969. The van der Waals surface area contributed by atoms with Crippen molar-refractivity contribution in [3.63, 3.8) is 0 Å². The van der Waals surface area contributed by atoms with Crippen molar-refractivity contribution < 1.29 is 23.0 Å². The molecule has 1 heterocycles. The van der Waals surface area contributed by atoms with Gasteiger partial charge in [0.1, 0.15) is 0 Å². The highest BCUT2D eigenvalue weighted by molar-refractivity contribution is 5.79. The Morgan fingerprint density at radius 2 is 1.96 bits per heavy atom. The van der Waals surface area contributed by atoms with Gasteiger partial charge in [-0.1, -0.05) is 32.0 Å². The fraction of sp³-hybridized carbons (Fsp3) is 0.650. The van der Waals surface area contributed by atoms with Crippen LogP contribution in [0.5, 0.6) is 0 Å². The van der Waals surface area contributed by atoms with Gasteiger partial charge in [-0.25, -0.2) is 0 Å². The van der Waals surface area contributed by atoms with Crippen molar-refractivity contribution in [2.75, 3.05) is 40.0 Å². The van der Waals surface area contributed by atoms with Crippen molar-refractivity contribution in [3.8, 4) is 0 Å². The van der Waals surface area contributed by atoms with E-state index in [9.17, 15) is 18.3 Å². The van der Waals surface area contributed by atoms with Gasteiger partial charge in [-0.15, -0.1) is 0 Å². The molecule has 1 saturated heterocycles. The second-order valence-electron chi connectivity index (χ2n) is 8.02. The number of aliphatic hydroxyl groups excluding tert-OH is 1. The maximum Gasteiger partial charge on any atom is 0.416 e. The topological polar surface area (TPSA) is 65.9 Å². The molecule has 1 aliphatic rings. The first kappa shape index (κ1) is 22.5. The number of benzene rings is 1. The molecule has 0 saturated carbocycles. The van der Waals surface area contributed by atoms with Gasteiger partial charge in [0.05, 0.1) is 12.2 Å². The van der Waals surface area contributed by atoms with Crippen molar-refractivity contribution in [3.05, 3.63) is 35.4 Å². The summed E-state index contributed by atoms with van der Waals surface area (Å²) in [5, 5.41) is 15.8. The lowest BCUT2D eigenvalue weighted by molar-refractivity contribution is -0.137. The third-order valence-electron chi connectivity index (χ3n) is 5.35. The maximum atomic E-state index is 13.0. The molecule has 0 radical (unpaired) electrons. The van der Waals surface area contributed by atoms with Gasteiger partial charge in [-0.3, -0.25) is 4.99 Å². The van der Waals surface area contributed by atoms with Crippen LogP contribution in [0.2, 0.25) is 0 Å². The number of hydrogen-bond donors (Lipinski definition) is 3. The summed E-state index contributed by atoms with van der Waals surface area (Å²) in [5.74, 6) is 0.573. The van der Waals surface area contributed by atoms with Crippen molar-refractivity contribution in [1.82, 2.24) is 10.6 Å². The number of halogens is 3. The summed E-state index contributed by atoms with van der Waals surface area (Å²) < 4.78 is 44.5. The summed E-state index contributed by atoms with van der Waals surface area (Å²) in [4.78, 5) is 4.20. The van der Waals surface area contributed by atoms with Crippen LogP contribution >= 0.6 is 0 Å². The van der Waals surface area contributed by atoms with Crippen LogP contribution in [0.25, 0.3) is 0 Å². The lowest BCUT2D eigenvalue weighted by atomic mass is 9.83. The van der Waals surface area contributed by atoms with E-state index in [1.807, 2.05) is 13.8 Å². The van der Waals surface area contributed by atoms with E-state index in [4.69, 9.17) is 4.74 Å². The van der Waals surface area contributed by atoms with Crippen LogP contribution in [0.4, 0.5) is 13.2 Å². The normalized spacial score (nSPS) is 21.0. The number of nitrogens with one attached hydrogen (secondary N) is 2. The molecule has 0 aromatic heterocycles. The minimum atomic E-state index is -4.36. The van der Waals surface area contributed by atoms with Gasteiger partial charge in [0, 0.05) is 44.2 Å². The summed E-state index contributed by atoms with van der Waals surface area (Å²) in [6.07, 6.45) is -2.85. The predicted octanol–water partition coefficient (Wildman–Crippen LogP) is 2.94. The molecule has 0 bridgehead atoms. The Morgan fingerprint density at radius 3 is 2.54 bits per heavy atom. The fourth-order valence-corrected chi connectivity index (χ4v) is 3.33. The Balaban J connectivity index is 1.98. The van der Waals surface area contributed by atoms with Crippen LogP contribution in [0.15, 0.2) is 29.3 Å². The largest absolute Gasteiger partial charge is 0.416 e. The van der Waals surface area contributed by atoms with Gasteiger partial charge >= 0.3 is 6.18 Å². The number of nitrogens with zero attached hydrogens (tertiary/aromatic N) is 1. The maximum absolute atomic E-state index is 13.0. The first-order chi connectivity index (χ1) is 13.1. The van der Waals surface area contributed by atoms with Crippen LogP contribution in [-0.4, -0.2) is 51.0 Å². The molecule has 2 rings (SSSR count). The molecule has 3 N–H and O–H groups in total. The molecule has 1 aromatic rings. The average molecular weight is 401 g/mol. The van der Waals surface area contributed by atoms with E-state index in [1.165, 1.54) is 12.1 Å². The molecule has 1 unspecified atom stereocenters. The monoisotopic (exact) mass is 401 g/mol. The number of rotatable bonds is 7. The van der Waals surface area contributed by atoms with E-state index in [1.54, 1.807) is 13.1 Å². The van der Waals surface area contributed by atoms with Crippen LogP contribution in [-0.2, 0) is 16.3 Å². The molecule has 5 nitrogen and oxygen atoms in total. The molecule has 158 valence electrons. The molecule has 0 aliphatic carbocycles. The number of aliphatic imine (C=N–C) groups is 1. The fourth-order valence-electron chi connectivity index (χ4n) is 3.33. The number of aliphatic hydroxyl groups is 1. The summed E-state index contributed by atoms with van der Waals surface area (Å²) in [7, 11) is 1.65. The van der Waals surface area contributed by atoms with Crippen LogP contribution in [0.1, 0.15) is 37.8 Å². The number of alkyl halides is 3. The van der Waals surface area contributed by atoms with Crippen molar-refractivity contribution in [2.24, 2.45) is 10.4 Å². The average Bonchev–Trinajstić information content (AvgIpc) is 3.10. The van der Waals surface area contributed by atoms with Gasteiger partial charge in [-0.2, -0.15) is 13.2 Å². The van der Waals surface area contributed by atoms with Crippen molar-refractivity contribution in [2.45, 2.75) is 38.3 Å². The standard InChI is InChI=1S/C20H30F3N3O2/c1-18(2,15-5-4-6-16(11-15)20(21,22)23)12-25-17(24-3)26-13-19(7-9-27)8-10-28-14-19/h4-6,11,27H,7-10,12-14H2,1-3H3,(H2,24,25,26). The molecule has 8 heteroatoms. The zero-order valence-electron chi connectivity index (χ0n) is 16.7. The van der Waals surface area contributed by atoms with Gasteiger partial charge in [0.2, 0.25) is 0 Å². The molecular weight excluding hydrogens is 371 g/mol. The Kier molecular flexibility index (Phi) is 7.33. The highest BCUT2D eigenvalue weighted by atomic mass is 19.4. The van der Waals surface area contributed by atoms with E-state index in [0.29, 0.717) is 44.2 Å². The molecule has 1 atom stereocenters. The van der Waals surface area contributed by atoms with E-state index in [-0.39, 0.29) is 12.0 Å². The highest BCUT2D eigenvalue weighted by Crippen LogP contribution is 2.33. The number of ether oxygens (including phenoxy) is 1. The highest BCUT2D eigenvalue weighted by Gasteiger charge is 2.35. The summed E-state index contributed by atoms with van der Waals surface area (Å²) in [6, 6.07) is 5.42. The quantitative estimate of drug-likeness (QED) is 0.486. The Morgan fingerprint density at radius 1 is 1.25 bits per heavy atom. The minimum Gasteiger partial charge on any atom is -0.396 e. The van der Waals surface area contributed by atoms with E-state index in [0.717, 1.165) is 12.5 Å². The SMILES string of the molecule is CN=C(NCC1(CCO)CCOC1)NCC(C)(C)c1cccc(C(F)(F)F)c1. The molecule has 0 amide bonds. The lowest BCUT2D eigenvalue weighted by Gasteiger charge is -2.30. The molecule has 1 aliphatic heterocycles. The van der Waals surface area contributed by atoms with E-state index >= 15 is 0 Å². The van der Waals surface area contributed by atoms with Crippen molar-refractivity contribution >= 4 is 5.96 Å². The second kappa shape index (κ2) is 9.13. The molecule has 0 spiro atoms. The first-order valence-corrected chi connectivity index (χ1v) is 9.43. The van der Waals surface area contributed by atoms with Gasteiger partial charge in [0.15, 0.2) is 5.96 Å². The predicted molar refractivity (Wildman–Crippen MR) is 103 cm³/mol. The molecule has 28 heavy (non-hydrogen) atoms. The summed E-state index contributed by atoms with van der Waals surface area (Å²) in [5.41, 5.74) is -0.694.